The second kappa shape index (κ2) is 8.02. The molecule has 20 heavy (non-hydrogen) atoms. The van der Waals surface area contributed by atoms with Crippen molar-refractivity contribution < 1.29 is 9.47 Å². The molecule has 1 heterocycles. The number of rotatable bonds is 7. The van der Waals surface area contributed by atoms with Crippen LogP contribution in [0, 0.1) is 0 Å². The first-order valence-electron chi connectivity index (χ1n) is 6.64. The second-order valence-corrected chi connectivity index (χ2v) is 5.47. The first-order valence-corrected chi connectivity index (χ1v) is 7.43. The highest BCUT2D eigenvalue weighted by atomic mass is 79.9. The predicted molar refractivity (Wildman–Crippen MR) is 82.7 cm³/mol. The van der Waals surface area contributed by atoms with Crippen molar-refractivity contribution in [3.05, 3.63) is 58.7 Å². The molecule has 0 radical (unpaired) electrons. The topological polar surface area (TPSA) is 31.4 Å². The van der Waals surface area contributed by atoms with E-state index < -0.39 is 0 Å². The third-order valence-corrected chi connectivity index (χ3v) is 3.32. The molecule has 0 fully saturated rings. The fourth-order valence-electron chi connectivity index (χ4n) is 1.67. The highest BCUT2D eigenvalue weighted by molar-refractivity contribution is 9.10. The van der Waals surface area contributed by atoms with Crippen LogP contribution >= 0.6 is 15.9 Å². The van der Waals surface area contributed by atoms with Crippen LogP contribution in [0.15, 0.2) is 53.1 Å². The Bertz CT molecular complexity index is 502. The molecule has 4 heteroatoms. The van der Waals surface area contributed by atoms with E-state index in [0.29, 0.717) is 19.1 Å². The molecule has 2 rings (SSSR count). The van der Waals surface area contributed by atoms with E-state index in [4.69, 9.17) is 9.47 Å². The molecule has 1 unspecified atom stereocenters. The molecular weight excluding hydrogens is 318 g/mol. The summed E-state index contributed by atoms with van der Waals surface area (Å²) in [5.74, 6) is 0.642. The third-order valence-electron chi connectivity index (χ3n) is 2.85. The largest absolute Gasteiger partial charge is 0.478 e. The van der Waals surface area contributed by atoms with Crippen molar-refractivity contribution in [2.24, 2.45) is 0 Å². The Morgan fingerprint density at radius 1 is 1.15 bits per heavy atom. The first kappa shape index (κ1) is 15.0. The highest BCUT2D eigenvalue weighted by Gasteiger charge is 2.04. The van der Waals surface area contributed by atoms with Crippen LogP contribution < -0.4 is 4.74 Å². The van der Waals surface area contributed by atoms with Crippen molar-refractivity contribution in [1.82, 2.24) is 4.98 Å². The number of benzene rings is 1. The standard InChI is InChI=1S/C16H18BrNO2/c1-13(20-12-14-5-3-2-4-6-14)9-10-19-16-8-7-15(17)11-18-16/h2-8,11,13H,9-10,12H2,1H3. The molecule has 0 saturated carbocycles. The summed E-state index contributed by atoms with van der Waals surface area (Å²) >= 11 is 3.34. The van der Waals surface area contributed by atoms with Gasteiger partial charge in [-0.1, -0.05) is 30.3 Å². The van der Waals surface area contributed by atoms with Gasteiger partial charge < -0.3 is 9.47 Å². The number of pyridine rings is 1. The molecule has 0 bridgehead atoms. The molecule has 2 aromatic rings. The predicted octanol–water partition coefficient (Wildman–Crippen LogP) is 4.22. The van der Waals surface area contributed by atoms with Crippen molar-refractivity contribution >= 4 is 15.9 Å². The summed E-state index contributed by atoms with van der Waals surface area (Å²) in [5.41, 5.74) is 1.19. The van der Waals surface area contributed by atoms with Gasteiger partial charge in [0.1, 0.15) is 0 Å². The minimum absolute atomic E-state index is 0.158. The van der Waals surface area contributed by atoms with Gasteiger partial charge in [0.2, 0.25) is 5.88 Å². The van der Waals surface area contributed by atoms with Crippen LogP contribution in [0.5, 0.6) is 5.88 Å². The number of halogens is 1. The van der Waals surface area contributed by atoms with Crippen molar-refractivity contribution in [2.45, 2.75) is 26.1 Å². The van der Waals surface area contributed by atoms with Crippen LogP contribution in [0.25, 0.3) is 0 Å². The van der Waals surface area contributed by atoms with Gasteiger partial charge >= 0.3 is 0 Å². The molecule has 0 aliphatic carbocycles. The molecular formula is C16H18BrNO2. The maximum absolute atomic E-state index is 5.78. The molecule has 0 spiro atoms. The third kappa shape index (κ3) is 5.31. The number of aromatic nitrogens is 1. The van der Waals surface area contributed by atoms with E-state index in [1.165, 1.54) is 5.56 Å². The van der Waals surface area contributed by atoms with Crippen LogP contribution in [0.3, 0.4) is 0 Å². The molecule has 106 valence electrons. The van der Waals surface area contributed by atoms with Crippen LogP contribution in [0.2, 0.25) is 0 Å². The van der Waals surface area contributed by atoms with E-state index in [2.05, 4.69) is 40.0 Å². The molecule has 0 amide bonds. The van der Waals surface area contributed by atoms with Crippen molar-refractivity contribution in [2.75, 3.05) is 6.61 Å². The number of hydrogen-bond donors (Lipinski definition) is 0. The van der Waals surface area contributed by atoms with Crippen LogP contribution in [-0.4, -0.2) is 17.7 Å². The molecule has 3 nitrogen and oxygen atoms in total. The maximum Gasteiger partial charge on any atom is 0.213 e. The minimum Gasteiger partial charge on any atom is -0.478 e. The maximum atomic E-state index is 5.78. The monoisotopic (exact) mass is 335 g/mol. The average molecular weight is 336 g/mol. The van der Waals surface area contributed by atoms with E-state index >= 15 is 0 Å². The lowest BCUT2D eigenvalue weighted by molar-refractivity contribution is 0.0383. The van der Waals surface area contributed by atoms with Crippen LogP contribution in [-0.2, 0) is 11.3 Å². The Morgan fingerprint density at radius 3 is 2.65 bits per heavy atom. The van der Waals surface area contributed by atoms with E-state index in [-0.39, 0.29) is 6.10 Å². The molecule has 0 aliphatic rings. The molecule has 0 N–H and O–H groups in total. The summed E-state index contributed by atoms with van der Waals surface area (Å²) in [6.45, 7) is 3.30. The van der Waals surface area contributed by atoms with Crippen molar-refractivity contribution in [3.63, 3.8) is 0 Å². The van der Waals surface area contributed by atoms with Gasteiger partial charge in [-0.05, 0) is 34.5 Å². The van der Waals surface area contributed by atoms with Gasteiger partial charge in [0.05, 0.1) is 19.3 Å². The summed E-state index contributed by atoms with van der Waals surface area (Å²) in [5, 5.41) is 0. The fourth-order valence-corrected chi connectivity index (χ4v) is 1.91. The van der Waals surface area contributed by atoms with Gasteiger partial charge in [0.15, 0.2) is 0 Å². The minimum atomic E-state index is 0.158. The Balaban J connectivity index is 1.65. The Morgan fingerprint density at radius 2 is 1.95 bits per heavy atom. The zero-order valence-corrected chi connectivity index (χ0v) is 13.0. The quantitative estimate of drug-likeness (QED) is 0.759. The van der Waals surface area contributed by atoms with Gasteiger partial charge in [-0.15, -0.1) is 0 Å². The van der Waals surface area contributed by atoms with Gasteiger partial charge in [-0.2, -0.15) is 0 Å². The normalized spacial score (nSPS) is 12.1. The van der Waals surface area contributed by atoms with Gasteiger partial charge in [0, 0.05) is 23.2 Å². The smallest absolute Gasteiger partial charge is 0.213 e. The van der Waals surface area contributed by atoms with E-state index in [1.54, 1.807) is 6.20 Å². The Labute approximate surface area is 128 Å². The zero-order chi connectivity index (χ0) is 14.2. The lowest BCUT2D eigenvalue weighted by Gasteiger charge is -2.13. The number of hydrogen-bond acceptors (Lipinski definition) is 3. The van der Waals surface area contributed by atoms with Gasteiger partial charge in [-0.25, -0.2) is 4.98 Å². The Kier molecular flexibility index (Phi) is 6.02. The van der Waals surface area contributed by atoms with Gasteiger partial charge in [-0.3, -0.25) is 0 Å². The Hall–Kier alpha value is -1.39. The lowest BCUT2D eigenvalue weighted by atomic mass is 10.2. The molecule has 0 aliphatic heterocycles. The zero-order valence-electron chi connectivity index (χ0n) is 11.5. The second-order valence-electron chi connectivity index (χ2n) is 4.56. The lowest BCUT2D eigenvalue weighted by Crippen LogP contribution is -2.13. The summed E-state index contributed by atoms with van der Waals surface area (Å²) in [7, 11) is 0. The summed E-state index contributed by atoms with van der Waals surface area (Å²) in [4.78, 5) is 4.16. The highest BCUT2D eigenvalue weighted by Crippen LogP contribution is 2.13. The van der Waals surface area contributed by atoms with Crippen molar-refractivity contribution in [1.29, 1.82) is 0 Å². The van der Waals surface area contributed by atoms with Crippen LogP contribution in [0.4, 0.5) is 0 Å². The van der Waals surface area contributed by atoms with E-state index in [9.17, 15) is 0 Å². The average Bonchev–Trinajstić information content (AvgIpc) is 2.48. The molecule has 0 saturated heterocycles. The molecule has 1 atom stereocenters. The van der Waals surface area contributed by atoms with E-state index in [0.717, 1.165) is 10.9 Å². The molecule has 1 aromatic carbocycles. The van der Waals surface area contributed by atoms with Gasteiger partial charge in [0.25, 0.3) is 0 Å². The SMILES string of the molecule is CC(CCOc1ccc(Br)cn1)OCc1ccccc1. The molecule has 1 aromatic heterocycles. The summed E-state index contributed by atoms with van der Waals surface area (Å²) < 4.78 is 12.3. The van der Waals surface area contributed by atoms with E-state index in [1.807, 2.05) is 30.3 Å². The first-order chi connectivity index (χ1) is 9.74. The number of nitrogens with zero attached hydrogens (tertiary/aromatic N) is 1. The summed E-state index contributed by atoms with van der Waals surface area (Å²) in [6, 6.07) is 13.9. The summed E-state index contributed by atoms with van der Waals surface area (Å²) in [6.07, 6.45) is 2.72. The van der Waals surface area contributed by atoms with Crippen molar-refractivity contribution in [3.8, 4) is 5.88 Å². The number of ether oxygens (including phenoxy) is 2. The fraction of sp³-hybridized carbons (Fsp3) is 0.312. The van der Waals surface area contributed by atoms with Crippen LogP contribution in [0.1, 0.15) is 18.9 Å².